The van der Waals surface area contributed by atoms with Crippen LogP contribution in [0.1, 0.15) is 53.9 Å². The van der Waals surface area contributed by atoms with Gasteiger partial charge in [-0.3, -0.25) is 0 Å². The van der Waals surface area contributed by atoms with E-state index in [2.05, 4.69) is 32.6 Å². The van der Waals surface area contributed by atoms with Gasteiger partial charge in [-0.1, -0.05) is 37.3 Å². The monoisotopic (exact) mass is 288 g/mol. The second-order valence-electron chi connectivity index (χ2n) is 6.73. The van der Waals surface area contributed by atoms with Gasteiger partial charge in [0.25, 0.3) is 0 Å². The van der Waals surface area contributed by atoms with Gasteiger partial charge in [-0.2, -0.15) is 0 Å². The van der Waals surface area contributed by atoms with Gasteiger partial charge < -0.3 is 10.2 Å². The van der Waals surface area contributed by atoms with Crippen LogP contribution in [0.3, 0.4) is 0 Å². The molecular formula is C19H28O2. The molecule has 0 radical (unpaired) electrons. The Morgan fingerprint density at radius 1 is 1.43 bits per heavy atom. The summed E-state index contributed by atoms with van der Waals surface area (Å²) >= 11 is 0. The van der Waals surface area contributed by atoms with Gasteiger partial charge in [-0.25, -0.2) is 0 Å². The van der Waals surface area contributed by atoms with Crippen molar-refractivity contribution >= 4 is 0 Å². The third kappa shape index (κ3) is 5.53. The molecule has 1 atom stereocenters. The summed E-state index contributed by atoms with van der Waals surface area (Å²) in [5.41, 5.74) is 2.49. The maximum Gasteiger partial charge on any atom is 0.141 e. The molecule has 0 saturated carbocycles. The van der Waals surface area contributed by atoms with Crippen LogP contribution in [0.2, 0.25) is 0 Å². The van der Waals surface area contributed by atoms with Crippen LogP contribution in [0.5, 0.6) is 0 Å². The molecular weight excluding hydrogens is 260 g/mol. The van der Waals surface area contributed by atoms with Gasteiger partial charge in [0.1, 0.15) is 5.60 Å². The second kappa shape index (κ2) is 7.11. The van der Waals surface area contributed by atoms with E-state index in [9.17, 15) is 5.11 Å². The fourth-order valence-corrected chi connectivity index (χ4v) is 2.71. The van der Waals surface area contributed by atoms with Crippen molar-refractivity contribution < 1.29 is 10.2 Å². The fourth-order valence-electron chi connectivity index (χ4n) is 2.71. The van der Waals surface area contributed by atoms with E-state index in [0.29, 0.717) is 0 Å². The number of aliphatic hydroxyl groups is 2. The Morgan fingerprint density at radius 2 is 2.10 bits per heavy atom. The molecule has 0 saturated heterocycles. The zero-order valence-electron chi connectivity index (χ0n) is 14.0. The molecule has 0 fully saturated rings. The third-order valence-corrected chi connectivity index (χ3v) is 4.03. The van der Waals surface area contributed by atoms with Crippen molar-refractivity contribution in [1.29, 1.82) is 0 Å². The lowest BCUT2D eigenvalue weighted by molar-refractivity contribution is 0.174. The molecule has 1 aliphatic carbocycles. The van der Waals surface area contributed by atoms with Crippen molar-refractivity contribution in [1.82, 2.24) is 0 Å². The van der Waals surface area contributed by atoms with Crippen molar-refractivity contribution in [2.45, 2.75) is 59.5 Å². The number of allylic oxidation sites excluding steroid dienone is 4. The summed E-state index contributed by atoms with van der Waals surface area (Å²) in [6.07, 6.45) is 8.99. The molecule has 1 rings (SSSR count). The molecule has 2 heteroatoms. The summed E-state index contributed by atoms with van der Waals surface area (Å²) in [5, 5.41) is 19.1. The Hall–Kier alpha value is -1.30. The van der Waals surface area contributed by atoms with E-state index in [0.717, 1.165) is 12.0 Å². The second-order valence-corrected chi connectivity index (χ2v) is 6.73. The summed E-state index contributed by atoms with van der Waals surface area (Å²) < 4.78 is 0. The Labute approximate surface area is 129 Å². The summed E-state index contributed by atoms with van der Waals surface area (Å²) in [4.78, 5) is 0. The molecule has 0 aromatic heterocycles. The van der Waals surface area contributed by atoms with Crippen LogP contribution in [0, 0.1) is 17.3 Å². The molecule has 1 unspecified atom stereocenters. The lowest BCUT2D eigenvalue weighted by Gasteiger charge is -2.33. The lowest BCUT2D eigenvalue weighted by Crippen LogP contribution is -2.21. The average molecular weight is 288 g/mol. The van der Waals surface area contributed by atoms with Gasteiger partial charge in [0.15, 0.2) is 0 Å². The largest absolute Gasteiger partial charge is 0.392 e. The molecule has 0 aliphatic heterocycles. The maximum atomic E-state index is 10.3. The number of rotatable bonds is 3. The molecule has 2 nitrogen and oxygen atoms in total. The molecule has 0 spiro atoms. The van der Waals surface area contributed by atoms with Crippen LogP contribution in [-0.4, -0.2) is 22.4 Å². The smallest absolute Gasteiger partial charge is 0.141 e. The molecule has 2 N–H and O–H groups in total. The topological polar surface area (TPSA) is 40.5 Å². The normalized spacial score (nSPS) is 22.0. The van der Waals surface area contributed by atoms with Gasteiger partial charge in [-0.15, -0.1) is 0 Å². The summed E-state index contributed by atoms with van der Waals surface area (Å²) in [6.45, 7) is 10.2. The highest BCUT2D eigenvalue weighted by Crippen LogP contribution is 2.40. The maximum absolute atomic E-state index is 10.3. The molecule has 0 bridgehead atoms. The molecule has 0 aromatic rings. The molecule has 0 amide bonds. The van der Waals surface area contributed by atoms with E-state index in [4.69, 9.17) is 5.11 Å². The fraction of sp³-hybridized carbons (Fsp3) is 0.579. The van der Waals surface area contributed by atoms with Crippen molar-refractivity contribution in [3.8, 4) is 11.8 Å². The van der Waals surface area contributed by atoms with E-state index < -0.39 is 5.60 Å². The van der Waals surface area contributed by atoms with Crippen LogP contribution in [0.4, 0.5) is 0 Å². The highest BCUT2D eigenvalue weighted by molar-refractivity contribution is 5.37. The van der Waals surface area contributed by atoms with Gasteiger partial charge in [0.05, 0.1) is 6.61 Å². The van der Waals surface area contributed by atoms with Crippen LogP contribution >= 0.6 is 0 Å². The third-order valence-electron chi connectivity index (χ3n) is 4.03. The summed E-state index contributed by atoms with van der Waals surface area (Å²) in [5.74, 6) is 5.72. The first kappa shape index (κ1) is 17.8. The first-order valence-electron chi connectivity index (χ1n) is 7.60. The molecule has 116 valence electrons. The quantitative estimate of drug-likeness (QED) is 0.776. The van der Waals surface area contributed by atoms with Gasteiger partial charge in [0.2, 0.25) is 0 Å². The van der Waals surface area contributed by atoms with Crippen LogP contribution in [-0.2, 0) is 0 Å². The first-order chi connectivity index (χ1) is 9.68. The minimum atomic E-state index is -1.16. The average Bonchev–Trinajstić information content (AvgIpc) is 2.35. The lowest BCUT2D eigenvalue weighted by atomic mass is 9.72. The molecule has 21 heavy (non-hydrogen) atoms. The molecule has 0 heterocycles. The predicted molar refractivity (Wildman–Crippen MR) is 88.7 cm³/mol. The molecule has 1 aliphatic rings. The van der Waals surface area contributed by atoms with Crippen LogP contribution in [0.15, 0.2) is 34.9 Å². The number of hydrogen-bond acceptors (Lipinski definition) is 2. The van der Waals surface area contributed by atoms with Crippen LogP contribution < -0.4 is 0 Å². The Kier molecular flexibility index (Phi) is 6.01. The van der Waals surface area contributed by atoms with E-state index in [-0.39, 0.29) is 12.0 Å². The standard InChI is InChI=1S/C19H28O2/c1-15(10-14-20)8-12-19(5,21)13-9-17-16(2)7-6-11-18(17,3)4/h9-10,13,20-21H,6-7,11,14H2,1-5H3. The zero-order chi connectivity index (χ0) is 16.1. The van der Waals surface area contributed by atoms with Gasteiger partial charge >= 0.3 is 0 Å². The SMILES string of the molecule is CC(C#CC(C)(O)C=CC1=C(C)CCCC1(C)C)=CCO. The summed E-state index contributed by atoms with van der Waals surface area (Å²) in [6, 6.07) is 0. The van der Waals surface area contributed by atoms with Crippen molar-refractivity contribution in [3.63, 3.8) is 0 Å². The Morgan fingerprint density at radius 3 is 2.67 bits per heavy atom. The van der Waals surface area contributed by atoms with E-state index >= 15 is 0 Å². The van der Waals surface area contributed by atoms with E-state index in [1.807, 2.05) is 13.0 Å². The first-order valence-corrected chi connectivity index (χ1v) is 7.60. The predicted octanol–water partition coefficient (Wildman–Crippen LogP) is 3.76. The Bertz CT molecular complexity index is 520. The van der Waals surface area contributed by atoms with Crippen LogP contribution in [0.25, 0.3) is 0 Å². The van der Waals surface area contributed by atoms with E-state index in [1.54, 1.807) is 19.1 Å². The van der Waals surface area contributed by atoms with Gasteiger partial charge in [0, 0.05) is 0 Å². The minimum absolute atomic E-state index is 0.0290. The highest BCUT2D eigenvalue weighted by atomic mass is 16.3. The van der Waals surface area contributed by atoms with Crippen molar-refractivity contribution in [2.24, 2.45) is 5.41 Å². The minimum Gasteiger partial charge on any atom is -0.392 e. The highest BCUT2D eigenvalue weighted by Gasteiger charge is 2.27. The molecule has 0 aromatic carbocycles. The zero-order valence-corrected chi connectivity index (χ0v) is 14.0. The Balaban J connectivity index is 2.95. The van der Waals surface area contributed by atoms with E-state index in [1.165, 1.54) is 24.0 Å². The van der Waals surface area contributed by atoms with Crippen molar-refractivity contribution in [3.05, 3.63) is 34.9 Å². The van der Waals surface area contributed by atoms with Gasteiger partial charge in [-0.05, 0) is 68.7 Å². The summed E-state index contributed by atoms with van der Waals surface area (Å²) in [7, 11) is 0. The number of hydrogen-bond donors (Lipinski definition) is 2. The van der Waals surface area contributed by atoms with Crippen molar-refractivity contribution in [2.75, 3.05) is 6.61 Å². The number of aliphatic hydroxyl groups excluding tert-OH is 1.